The van der Waals surface area contributed by atoms with Crippen molar-refractivity contribution in [1.29, 1.82) is 0 Å². The standard InChI is InChI=1S/C25H24ClNO3/c1-16-7-9-22(30-15-20-5-4-6-21(26)13-20)14-23(16)25(29)27-24-10-8-19(11-17(24)2)12-18(3)28/h4-11,13-14H,12,15H2,1-3H3,(H,27,29). The molecule has 0 bridgehead atoms. The second-order valence-electron chi connectivity index (χ2n) is 7.38. The van der Waals surface area contributed by atoms with E-state index in [1.54, 1.807) is 13.0 Å². The minimum Gasteiger partial charge on any atom is -0.489 e. The van der Waals surface area contributed by atoms with Gasteiger partial charge in [-0.2, -0.15) is 0 Å². The van der Waals surface area contributed by atoms with Gasteiger partial charge in [0.05, 0.1) is 0 Å². The summed E-state index contributed by atoms with van der Waals surface area (Å²) in [5.74, 6) is 0.513. The number of carbonyl (C=O) groups is 2. The van der Waals surface area contributed by atoms with E-state index < -0.39 is 0 Å². The number of nitrogens with one attached hydrogen (secondary N) is 1. The summed E-state index contributed by atoms with van der Waals surface area (Å²) in [6, 6.07) is 18.6. The predicted molar refractivity (Wildman–Crippen MR) is 120 cm³/mol. The highest BCUT2D eigenvalue weighted by Gasteiger charge is 2.13. The Bertz CT molecular complexity index is 1090. The van der Waals surface area contributed by atoms with E-state index in [0.717, 1.165) is 27.9 Å². The second-order valence-corrected chi connectivity index (χ2v) is 7.81. The average molecular weight is 422 g/mol. The van der Waals surface area contributed by atoms with E-state index in [9.17, 15) is 9.59 Å². The monoisotopic (exact) mass is 421 g/mol. The smallest absolute Gasteiger partial charge is 0.256 e. The number of carbonyl (C=O) groups excluding carboxylic acids is 2. The molecule has 0 aliphatic rings. The Morgan fingerprint density at radius 3 is 2.43 bits per heavy atom. The number of halogens is 1. The third kappa shape index (κ3) is 5.71. The number of benzene rings is 3. The molecule has 0 fully saturated rings. The summed E-state index contributed by atoms with van der Waals surface area (Å²) in [6.45, 7) is 5.73. The van der Waals surface area contributed by atoms with Crippen LogP contribution >= 0.6 is 11.6 Å². The highest BCUT2D eigenvalue weighted by atomic mass is 35.5. The Balaban J connectivity index is 1.72. The molecule has 1 N–H and O–H groups in total. The molecule has 0 spiro atoms. The number of ether oxygens (including phenoxy) is 1. The van der Waals surface area contributed by atoms with Gasteiger partial charge in [0.25, 0.3) is 5.91 Å². The van der Waals surface area contributed by atoms with Crippen LogP contribution < -0.4 is 10.1 Å². The van der Waals surface area contributed by atoms with E-state index >= 15 is 0 Å². The molecule has 0 saturated carbocycles. The summed E-state index contributed by atoms with van der Waals surface area (Å²) in [5.41, 5.74) is 4.92. The van der Waals surface area contributed by atoms with E-state index in [2.05, 4.69) is 5.32 Å². The Morgan fingerprint density at radius 1 is 0.933 bits per heavy atom. The maximum atomic E-state index is 12.9. The molecule has 3 aromatic rings. The van der Waals surface area contributed by atoms with Crippen molar-refractivity contribution in [3.8, 4) is 5.75 Å². The van der Waals surface area contributed by atoms with Crippen LogP contribution in [0.15, 0.2) is 60.7 Å². The maximum absolute atomic E-state index is 12.9. The molecule has 0 radical (unpaired) electrons. The molecule has 3 aromatic carbocycles. The maximum Gasteiger partial charge on any atom is 0.256 e. The Hall–Kier alpha value is -3.11. The highest BCUT2D eigenvalue weighted by Crippen LogP contribution is 2.23. The fourth-order valence-electron chi connectivity index (χ4n) is 3.18. The van der Waals surface area contributed by atoms with Crippen molar-refractivity contribution in [2.24, 2.45) is 0 Å². The van der Waals surface area contributed by atoms with Crippen molar-refractivity contribution < 1.29 is 14.3 Å². The molecule has 0 aliphatic carbocycles. The first-order valence-corrected chi connectivity index (χ1v) is 10.1. The lowest BCUT2D eigenvalue weighted by atomic mass is 10.0. The molecule has 0 aromatic heterocycles. The minimum atomic E-state index is -0.205. The summed E-state index contributed by atoms with van der Waals surface area (Å²) in [7, 11) is 0. The Morgan fingerprint density at radius 2 is 1.73 bits per heavy atom. The molecule has 30 heavy (non-hydrogen) atoms. The van der Waals surface area contributed by atoms with Crippen LogP contribution in [-0.4, -0.2) is 11.7 Å². The number of hydrogen-bond acceptors (Lipinski definition) is 3. The Kier molecular flexibility index (Phi) is 6.91. The lowest BCUT2D eigenvalue weighted by Crippen LogP contribution is -2.14. The van der Waals surface area contributed by atoms with Crippen LogP contribution in [0.2, 0.25) is 5.02 Å². The summed E-state index contributed by atoms with van der Waals surface area (Å²) in [5, 5.41) is 3.62. The SMILES string of the molecule is CC(=O)Cc1ccc(NC(=O)c2cc(OCc3cccc(Cl)c3)ccc2C)c(C)c1. The van der Waals surface area contributed by atoms with Crippen molar-refractivity contribution in [1.82, 2.24) is 0 Å². The zero-order valence-electron chi connectivity index (χ0n) is 17.3. The van der Waals surface area contributed by atoms with Crippen molar-refractivity contribution in [3.05, 3.63) is 93.5 Å². The normalized spacial score (nSPS) is 10.5. The van der Waals surface area contributed by atoms with E-state index in [4.69, 9.17) is 16.3 Å². The minimum absolute atomic E-state index is 0.108. The van der Waals surface area contributed by atoms with Crippen LogP contribution in [0.1, 0.15) is 39.5 Å². The third-order valence-electron chi connectivity index (χ3n) is 4.74. The first-order chi connectivity index (χ1) is 14.3. The molecule has 1 amide bonds. The fourth-order valence-corrected chi connectivity index (χ4v) is 3.39. The molecule has 0 atom stereocenters. The predicted octanol–water partition coefficient (Wildman–Crippen LogP) is 5.92. The van der Waals surface area contributed by atoms with Gasteiger partial charge in [-0.05, 0) is 73.4 Å². The van der Waals surface area contributed by atoms with Gasteiger partial charge >= 0.3 is 0 Å². The van der Waals surface area contributed by atoms with Crippen molar-refractivity contribution in [2.75, 3.05) is 5.32 Å². The molecule has 0 aliphatic heterocycles. The van der Waals surface area contributed by atoms with E-state index in [1.165, 1.54) is 0 Å². The third-order valence-corrected chi connectivity index (χ3v) is 4.98. The van der Waals surface area contributed by atoms with Gasteiger partial charge < -0.3 is 10.1 Å². The number of amides is 1. The van der Waals surface area contributed by atoms with Crippen molar-refractivity contribution in [3.63, 3.8) is 0 Å². The van der Waals surface area contributed by atoms with Crippen LogP contribution in [0.4, 0.5) is 5.69 Å². The largest absolute Gasteiger partial charge is 0.489 e. The first-order valence-electron chi connectivity index (χ1n) is 9.70. The number of aryl methyl sites for hydroxylation is 2. The zero-order chi connectivity index (χ0) is 21.7. The summed E-state index contributed by atoms with van der Waals surface area (Å²) in [6.07, 6.45) is 0.389. The van der Waals surface area contributed by atoms with Crippen LogP contribution in [-0.2, 0) is 17.8 Å². The first kappa shape index (κ1) is 21.6. The van der Waals surface area contributed by atoms with Gasteiger partial charge in [0.15, 0.2) is 0 Å². The molecule has 0 heterocycles. The van der Waals surface area contributed by atoms with Gasteiger partial charge in [0, 0.05) is 22.7 Å². The zero-order valence-corrected chi connectivity index (χ0v) is 18.0. The molecular formula is C25H24ClNO3. The number of rotatable bonds is 7. The second kappa shape index (κ2) is 9.59. The average Bonchev–Trinajstić information content (AvgIpc) is 2.69. The van der Waals surface area contributed by atoms with Crippen molar-refractivity contribution in [2.45, 2.75) is 33.8 Å². The molecule has 154 valence electrons. The van der Waals surface area contributed by atoms with Gasteiger partial charge in [0.2, 0.25) is 0 Å². The van der Waals surface area contributed by atoms with Crippen LogP contribution in [0.25, 0.3) is 0 Å². The van der Waals surface area contributed by atoms with Crippen molar-refractivity contribution >= 4 is 29.0 Å². The van der Waals surface area contributed by atoms with E-state index in [0.29, 0.717) is 29.4 Å². The van der Waals surface area contributed by atoms with Gasteiger partial charge in [-0.15, -0.1) is 0 Å². The topological polar surface area (TPSA) is 55.4 Å². The molecule has 5 heteroatoms. The lowest BCUT2D eigenvalue weighted by molar-refractivity contribution is -0.116. The van der Waals surface area contributed by atoms with Crippen LogP contribution in [0.5, 0.6) is 5.75 Å². The number of anilines is 1. The van der Waals surface area contributed by atoms with Gasteiger partial charge in [-0.1, -0.05) is 41.9 Å². The molecule has 0 saturated heterocycles. The summed E-state index contributed by atoms with van der Waals surface area (Å²) < 4.78 is 5.85. The molecule has 4 nitrogen and oxygen atoms in total. The lowest BCUT2D eigenvalue weighted by Gasteiger charge is -2.13. The quantitative estimate of drug-likeness (QED) is 0.515. The number of ketones is 1. The van der Waals surface area contributed by atoms with Gasteiger partial charge in [-0.25, -0.2) is 0 Å². The summed E-state index contributed by atoms with van der Waals surface area (Å²) >= 11 is 6.01. The van der Waals surface area contributed by atoms with Crippen LogP contribution in [0, 0.1) is 13.8 Å². The summed E-state index contributed by atoms with van der Waals surface area (Å²) in [4.78, 5) is 24.2. The fraction of sp³-hybridized carbons (Fsp3) is 0.200. The van der Waals surface area contributed by atoms with Gasteiger partial charge in [0.1, 0.15) is 18.1 Å². The highest BCUT2D eigenvalue weighted by molar-refractivity contribution is 6.30. The van der Waals surface area contributed by atoms with E-state index in [-0.39, 0.29) is 11.7 Å². The number of hydrogen-bond donors (Lipinski definition) is 1. The molecule has 0 unspecified atom stereocenters. The van der Waals surface area contributed by atoms with E-state index in [1.807, 2.05) is 68.4 Å². The molecular weight excluding hydrogens is 398 g/mol. The number of Topliss-reactive ketones (excluding diaryl/α,β-unsaturated/α-hetero) is 1. The van der Waals surface area contributed by atoms with Crippen LogP contribution in [0.3, 0.4) is 0 Å². The molecule has 3 rings (SSSR count). The van der Waals surface area contributed by atoms with Gasteiger partial charge in [-0.3, -0.25) is 9.59 Å². The Labute approximate surface area is 181 Å².